The summed E-state index contributed by atoms with van der Waals surface area (Å²) in [5, 5.41) is 11.7. The van der Waals surface area contributed by atoms with Gasteiger partial charge < -0.3 is 16.2 Å². The maximum Gasteiger partial charge on any atom is 0.330 e. The zero-order chi connectivity index (χ0) is 13.2. The van der Waals surface area contributed by atoms with Gasteiger partial charge in [-0.15, -0.1) is 0 Å². The molecule has 4 N–H and O–H groups in total. The lowest BCUT2D eigenvalue weighted by Crippen LogP contribution is -2.55. The molecule has 0 radical (unpaired) electrons. The van der Waals surface area contributed by atoms with Crippen molar-refractivity contribution in [3.8, 4) is 0 Å². The Morgan fingerprint density at radius 3 is 2.72 bits per heavy atom. The number of carbonyl (C=O) groups is 2. The number of rotatable bonds is 3. The van der Waals surface area contributed by atoms with Gasteiger partial charge in [-0.3, -0.25) is 4.79 Å². The van der Waals surface area contributed by atoms with Crippen LogP contribution in [0, 0.1) is 0 Å². The van der Waals surface area contributed by atoms with Gasteiger partial charge in [0.1, 0.15) is 5.54 Å². The summed E-state index contributed by atoms with van der Waals surface area (Å²) in [6.45, 7) is 0. The van der Waals surface area contributed by atoms with E-state index < -0.39 is 17.4 Å². The molecule has 96 valence electrons. The molecule has 1 aromatic rings. The average molecular weight is 268 g/mol. The molecule has 0 saturated carbocycles. The highest BCUT2D eigenvalue weighted by molar-refractivity contribution is 7.99. The molecule has 1 unspecified atom stereocenters. The summed E-state index contributed by atoms with van der Waals surface area (Å²) < 4.78 is 0. The van der Waals surface area contributed by atoms with E-state index in [2.05, 4.69) is 15.3 Å². The SMILES string of the molecule is Nc1nccnc1C(=O)NC1(C(=O)O)CCSC1. The Kier molecular flexibility index (Phi) is 3.37. The van der Waals surface area contributed by atoms with E-state index in [-0.39, 0.29) is 11.5 Å². The number of aromatic nitrogens is 2. The van der Waals surface area contributed by atoms with Crippen molar-refractivity contribution in [1.29, 1.82) is 0 Å². The number of anilines is 1. The van der Waals surface area contributed by atoms with Crippen molar-refractivity contribution in [2.75, 3.05) is 17.2 Å². The number of hydrogen-bond acceptors (Lipinski definition) is 6. The molecule has 0 aliphatic carbocycles. The van der Waals surface area contributed by atoms with Crippen LogP contribution >= 0.6 is 11.8 Å². The van der Waals surface area contributed by atoms with Gasteiger partial charge in [-0.25, -0.2) is 14.8 Å². The first-order valence-electron chi connectivity index (χ1n) is 5.25. The van der Waals surface area contributed by atoms with Crippen LogP contribution in [0.25, 0.3) is 0 Å². The number of carbonyl (C=O) groups excluding carboxylic acids is 1. The molecule has 1 aromatic heterocycles. The largest absolute Gasteiger partial charge is 0.479 e. The molecule has 1 aliphatic heterocycles. The second-order valence-corrected chi connectivity index (χ2v) is 5.04. The third-order valence-corrected chi connectivity index (χ3v) is 3.92. The van der Waals surface area contributed by atoms with E-state index in [4.69, 9.17) is 5.73 Å². The standard InChI is InChI=1S/C10H12N4O3S/c11-7-6(12-2-3-13-7)8(15)14-10(9(16)17)1-4-18-5-10/h2-3H,1,4-5H2,(H2,11,13)(H,14,15)(H,16,17). The summed E-state index contributed by atoms with van der Waals surface area (Å²) in [4.78, 5) is 30.8. The van der Waals surface area contributed by atoms with Gasteiger partial charge in [0, 0.05) is 18.1 Å². The van der Waals surface area contributed by atoms with E-state index >= 15 is 0 Å². The predicted octanol–water partition coefficient (Wildman–Crippen LogP) is -0.251. The zero-order valence-corrected chi connectivity index (χ0v) is 10.2. The summed E-state index contributed by atoms with van der Waals surface area (Å²) >= 11 is 1.49. The number of thioether (sulfide) groups is 1. The van der Waals surface area contributed by atoms with Gasteiger partial charge in [-0.05, 0) is 12.2 Å². The molecule has 8 heteroatoms. The minimum absolute atomic E-state index is 0.0128. The smallest absolute Gasteiger partial charge is 0.330 e. The van der Waals surface area contributed by atoms with Crippen LogP contribution in [-0.2, 0) is 4.79 Å². The lowest BCUT2D eigenvalue weighted by Gasteiger charge is -2.24. The van der Waals surface area contributed by atoms with Crippen molar-refractivity contribution in [2.45, 2.75) is 12.0 Å². The Bertz CT molecular complexity index is 488. The fourth-order valence-electron chi connectivity index (χ4n) is 1.69. The van der Waals surface area contributed by atoms with Gasteiger partial charge >= 0.3 is 5.97 Å². The van der Waals surface area contributed by atoms with E-state index in [1.807, 2.05) is 0 Å². The molecule has 0 aromatic carbocycles. The van der Waals surface area contributed by atoms with Crippen molar-refractivity contribution in [2.24, 2.45) is 0 Å². The number of nitrogens with two attached hydrogens (primary N) is 1. The molecular formula is C10H12N4O3S. The van der Waals surface area contributed by atoms with Crippen LogP contribution in [0.1, 0.15) is 16.9 Å². The van der Waals surface area contributed by atoms with Crippen LogP contribution in [0.5, 0.6) is 0 Å². The number of nitrogen functional groups attached to an aromatic ring is 1. The molecule has 18 heavy (non-hydrogen) atoms. The number of hydrogen-bond donors (Lipinski definition) is 3. The Morgan fingerprint density at radius 2 is 2.17 bits per heavy atom. The van der Waals surface area contributed by atoms with Crippen LogP contribution in [0.15, 0.2) is 12.4 Å². The second-order valence-electron chi connectivity index (χ2n) is 3.93. The van der Waals surface area contributed by atoms with Gasteiger partial charge in [0.05, 0.1) is 0 Å². The molecule has 1 fully saturated rings. The summed E-state index contributed by atoms with van der Waals surface area (Å²) in [5.41, 5.74) is 4.25. The minimum Gasteiger partial charge on any atom is -0.479 e. The number of carboxylic acid groups (broad SMARTS) is 1. The zero-order valence-electron chi connectivity index (χ0n) is 9.42. The van der Waals surface area contributed by atoms with Crippen LogP contribution in [0.3, 0.4) is 0 Å². The average Bonchev–Trinajstić information content (AvgIpc) is 2.79. The first kappa shape index (κ1) is 12.6. The summed E-state index contributed by atoms with van der Waals surface area (Å²) in [7, 11) is 0. The fourth-order valence-corrected chi connectivity index (χ4v) is 3.01. The van der Waals surface area contributed by atoms with Crippen molar-refractivity contribution in [1.82, 2.24) is 15.3 Å². The summed E-state index contributed by atoms with van der Waals surface area (Å²) in [6, 6.07) is 0. The number of nitrogens with one attached hydrogen (secondary N) is 1. The third kappa shape index (κ3) is 2.23. The van der Waals surface area contributed by atoms with Crippen molar-refractivity contribution >= 4 is 29.5 Å². The monoisotopic (exact) mass is 268 g/mol. The van der Waals surface area contributed by atoms with Crippen LogP contribution in [0.4, 0.5) is 5.82 Å². The molecular weight excluding hydrogens is 256 g/mol. The first-order valence-corrected chi connectivity index (χ1v) is 6.41. The molecule has 0 spiro atoms. The Hall–Kier alpha value is -1.83. The van der Waals surface area contributed by atoms with E-state index in [0.717, 1.165) is 0 Å². The normalized spacial score (nSPS) is 22.7. The molecule has 2 rings (SSSR count). The molecule has 2 heterocycles. The number of aliphatic carboxylic acids is 1. The van der Waals surface area contributed by atoms with Crippen LogP contribution in [0.2, 0.25) is 0 Å². The van der Waals surface area contributed by atoms with Crippen molar-refractivity contribution < 1.29 is 14.7 Å². The van der Waals surface area contributed by atoms with Gasteiger partial charge in [-0.2, -0.15) is 11.8 Å². The highest BCUT2D eigenvalue weighted by Gasteiger charge is 2.43. The molecule has 1 amide bonds. The summed E-state index contributed by atoms with van der Waals surface area (Å²) in [6.07, 6.45) is 3.09. The highest BCUT2D eigenvalue weighted by atomic mass is 32.2. The molecule has 1 aliphatic rings. The summed E-state index contributed by atoms with van der Waals surface area (Å²) in [5.74, 6) is -0.619. The van der Waals surface area contributed by atoms with Crippen LogP contribution < -0.4 is 11.1 Å². The van der Waals surface area contributed by atoms with Crippen molar-refractivity contribution in [3.05, 3.63) is 18.1 Å². The highest BCUT2D eigenvalue weighted by Crippen LogP contribution is 2.28. The lowest BCUT2D eigenvalue weighted by atomic mass is 9.99. The second kappa shape index (κ2) is 4.81. The van der Waals surface area contributed by atoms with Gasteiger partial charge in [-0.1, -0.05) is 0 Å². The fraction of sp³-hybridized carbons (Fsp3) is 0.400. The third-order valence-electron chi connectivity index (χ3n) is 2.73. The van der Waals surface area contributed by atoms with E-state index in [9.17, 15) is 14.7 Å². The van der Waals surface area contributed by atoms with Gasteiger partial charge in [0.2, 0.25) is 0 Å². The number of carboxylic acids is 1. The number of nitrogens with zero attached hydrogens (tertiary/aromatic N) is 2. The van der Waals surface area contributed by atoms with E-state index in [0.29, 0.717) is 17.9 Å². The minimum atomic E-state index is -1.23. The number of amides is 1. The maximum absolute atomic E-state index is 12.0. The molecule has 1 saturated heterocycles. The quantitative estimate of drug-likeness (QED) is 0.691. The van der Waals surface area contributed by atoms with Gasteiger partial charge in [0.25, 0.3) is 5.91 Å². The maximum atomic E-state index is 12.0. The molecule has 1 atom stereocenters. The van der Waals surface area contributed by atoms with Crippen molar-refractivity contribution in [3.63, 3.8) is 0 Å². The topological polar surface area (TPSA) is 118 Å². The van der Waals surface area contributed by atoms with E-state index in [1.165, 1.54) is 24.2 Å². The van der Waals surface area contributed by atoms with E-state index in [1.54, 1.807) is 0 Å². The first-order chi connectivity index (χ1) is 8.55. The molecule has 0 bridgehead atoms. The molecule has 7 nitrogen and oxygen atoms in total. The Labute approximate surface area is 107 Å². The lowest BCUT2D eigenvalue weighted by molar-refractivity contribution is -0.143. The van der Waals surface area contributed by atoms with Crippen LogP contribution in [-0.4, -0.2) is 44.0 Å². The van der Waals surface area contributed by atoms with Gasteiger partial charge in [0.15, 0.2) is 11.5 Å². The Balaban J connectivity index is 2.21. The Morgan fingerprint density at radius 1 is 1.44 bits per heavy atom. The predicted molar refractivity (Wildman–Crippen MR) is 66.2 cm³/mol.